The van der Waals surface area contributed by atoms with E-state index in [4.69, 9.17) is 15.7 Å². The van der Waals surface area contributed by atoms with Gasteiger partial charge in [-0.2, -0.15) is 0 Å². The molecule has 0 bridgehead atoms. The normalized spacial score (nSPS) is 12.5. The van der Waals surface area contributed by atoms with Crippen molar-refractivity contribution in [1.29, 1.82) is 0 Å². The van der Waals surface area contributed by atoms with Crippen LogP contribution in [0.2, 0.25) is 0 Å². The summed E-state index contributed by atoms with van der Waals surface area (Å²) in [6.45, 7) is 0.461. The Balaban J connectivity index is 1.26. The monoisotopic (exact) mass is 567 g/mol. The molecule has 0 radical (unpaired) electrons. The number of para-hydroxylation sites is 2. The van der Waals surface area contributed by atoms with Gasteiger partial charge in [0.05, 0.1) is 23.1 Å². The third kappa shape index (κ3) is 4.43. The molecule has 0 unspecified atom stereocenters. The number of aliphatic imine (C=N–C) groups is 2. The number of nitrogens with one attached hydrogen (secondary N) is 1. The largest absolute Gasteiger partial charge is 0.383 e. The Hall–Kier alpha value is -5.94. The van der Waals surface area contributed by atoms with Gasteiger partial charge in [0.25, 0.3) is 0 Å². The highest BCUT2D eigenvalue weighted by Gasteiger charge is 2.17. The molecule has 6 aromatic carbocycles. The van der Waals surface area contributed by atoms with Crippen LogP contribution in [0, 0.1) is 0 Å². The number of nitrogens with two attached hydrogens (primary N) is 1. The number of benzene rings is 6. The van der Waals surface area contributed by atoms with Crippen LogP contribution >= 0.6 is 0 Å². The van der Waals surface area contributed by atoms with E-state index in [1.807, 2.05) is 60.7 Å². The number of nitrogens with zero attached hydrogens (tertiary/aromatic N) is 3. The number of rotatable bonds is 5. The van der Waals surface area contributed by atoms with Gasteiger partial charge in [-0.25, -0.2) is 4.99 Å². The fourth-order valence-electron chi connectivity index (χ4n) is 6.16. The van der Waals surface area contributed by atoms with Gasteiger partial charge in [0.2, 0.25) is 0 Å². The van der Waals surface area contributed by atoms with Crippen LogP contribution in [-0.2, 0) is 6.54 Å². The molecule has 5 heteroatoms. The Morgan fingerprint density at radius 3 is 2.11 bits per heavy atom. The lowest BCUT2D eigenvalue weighted by atomic mass is 10.1. The van der Waals surface area contributed by atoms with Crippen LogP contribution in [0.1, 0.15) is 16.7 Å². The van der Waals surface area contributed by atoms with Gasteiger partial charge < -0.3 is 15.3 Å². The minimum absolute atomic E-state index is 0.439. The zero-order valence-electron chi connectivity index (χ0n) is 24.0. The first-order valence-electron chi connectivity index (χ1n) is 14.8. The van der Waals surface area contributed by atoms with Gasteiger partial charge in [-0.05, 0) is 29.8 Å². The van der Waals surface area contributed by atoms with E-state index in [9.17, 15) is 0 Å². The van der Waals surface area contributed by atoms with Gasteiger partial charge in [-0.1, -0.05) is 121 Å². The van der Waals surface area contributed by atoms with E-state index in [1.165, 1.54) is 32.6 Å². The molecule has 2 aromatic heterocycles. The van der Waals surface area contributed by atoms with Gasteiger partial charge in [0.15, 0.2) is 5.84 Å². The average Bonchev–Trinajstić information content (AvgIpc) is 3.63. The van der Waals surface area contributed by atoms with Crippen molar-refractivity contribution in [3.05, 3.63) is 162 Å². The summed E-state index contributed by atoms with van der Waals surface area (Å²) in [6.07, 6.45) is 0. The molecule has 0 aliphatic heterocycles. The molecular weight excluding hydrogens is 538 g/mol. The van der Waals surface area contributed by atoms with E-state index in [2.05, 4.69) is 94.5 Å². The Morgan fingerprint density at radius 1 is 0.614 bits per heavy atom. The van der Waals surface area contributed by atoms with Crippen molar-refractivity contribution in [2.24, 2.45) is 15.7 Å². The van der Waals surface area contributed by atoms with Crippen molar-refractivity contribution in [1.82, 2.24) is 9.55 Å². The zero-order valence-corrected chi connectivity index (χ0v) is 24.0. The molecule has 44 heavy (non-hydrogen) atoms. The number of amidine groups is 2. The average molecular weight is 568 g/mol. The van der Waals surface area contributed by atoms with E-state index in [0.717, 1.165) is 33.4 Å². The second kappa shape index (κ2) is 10.7. The lowest BCUT2D eigenvalue weighted by molar-refractivity contribution is 1.05. The molecule has 0 amide bonds. The van der Waals surface area contributed by atoms with Gasteiger partial charge in [-0.3, -0.25) is 4.99 Å². The summed E-state index contributed by atoms with van der Waals surface area (Å²) in [5.41, 5.74) is 15.0. The molecule has 0 fully saturated rings. The molecule has 0 saturated carbocycles. The number of hydrogen-bond donors (Lipinski definition) is 2. The molecule has 2 heterocycles. The first-order chi connectivity index (χ1) is 21.7. The second-order valence-electron chi connectivity index (χ2n) is 10.9. The van der Waals surface area contributed by atoms with E-state index in [-0.39, 0.29) is 0 Å². The molecule has 210 valence electrons. The molecule has 0 atom stereocenters. The van der Waals surface area contributed by atoms with Crippen LogP contribution in [-0.4, -0.2) is 21.2 Å². The van der Waals surface area contributed by atoms with Crippen LogP contribution in [0.3, 0.4) is 0 Å². The number of aromatic nitrogens is 2. The van der Waals surface area contributed by atoms with Crippen molar-refractivity contribution < 1.29 is 0 Å². The van der Waals surface area contributed by atoms with Crippen LogP contribution in [0.25, 0.3) is 49.3 Å². The minimum Gasteiger partial charge on any atom is -0.383 e. The van der Waals surface area contributed by atoms with E-state index in [1.54, 1.807) is 0 Å². The van der Waals surface area contributed by atoms with Crippen molar-refractivity contribution >= 4 is 55.3 Å². The first kappa shape index (κ1) is 25.7. The fraction of sp³-hybridized carbons (Fsp3) is 0.0256. The van der Waals surface area contributed by atoms with E-state index in [0.29, 0.717) is 18.2 Å². The highest BCUT2D eigenvalue weighted by atomic mass is 15.0. The number of fused-ring (bicyclic) bond motifs is 7. The summed E-state index contributed by atoms with van der Waals surface area (Å²) in [5, 5.41) is 4.90. The Labute approximate surface area is 254 Å². The molecule has 0 saturated heterocycles. The third-order valence-electron chi connectivity index (χ3n) is 8.22. The summed E-state index contributed by atoms with van der Waals surface area (Å²) < 4.78 is 2.37. The molecule has 0 aliphatic rings. The van der Waals surface area contributed by atoms with Crippen molar-refractivity contribution in [3.63, 3.8) is 0 Å². The number of aromatic amines is 1. The Bertz CT molecular complexity index is 2360. The van der Waals surface area contributed by atoms with Crippen LogP contribution in [0.5, 0.6) is 0 Å². The SMILES string of the molecule is NC(=NC(=NCc1cccc(-n2c3ccccc3c3ccc4c5ccccc5[nH]c4c32)c1)c1ccccc1)c1ccccc1. The van der Waals surface area contributed by atoms with Gasteiger partial charge in [0.1, 0.15) is 5.84 Å². The van der Waals surface area contributed by atoms with Gasteiger partial charge in [-0.15, -0.1) is 0 Å². The highest BCUT2D eigenvalue weighted by molar-refractivity contribution is 6.22. The molecular formula is C39H29N5. The van der Waals surface area contributed by atoms with Crippen LogP contribution < -0.4 is 5.73 Å². The maximum atomic E-state index is 6.43. The first-order valence-corrected chi connectivity index (χ1v) is 14.8. The Kier molecular flexibility index (Phi) is 6.27. The Morgan fingerprint density at radius 2 is 1.30 bits per heavy atom. The summed E-state index contributed by atoms with van der Waals surface area (Å²) in [6, 6.07) is 50.1. The fourth-order valence-corrected chi connectivity index (χ4v) is 6.16. The topological polar surface area (TPSA) is 71.5 Å². The second-order valence-corrected chi connectivity index (χ2v) is 10.9. The minimum atomic E-state index is 0.439. The van der Waals surface area contributed by atoms with Crippen molar-refractivity contribution in [2.75, 3.05) is 0 Å². The highest BCUT2D eigenvalue weighted by Crippen LogP contribution is 2.38. The summed E-state index contributed by atoms with van der Waals surface area (Å²) in [4.78, 5) is 13.5. The van der Waals surface area contributed by atoms with E-state index < -0.39 is 0 Å². The lowest BCUT2D eigenvalue weighted by Gasteiger charge is -2.10. The smallest absolute Gasteiger partial charge is 0.157 e. The molecule has 0 aliphatic carbocycles. The lowest BCUT2D eigenvalue weighted by Crippen LogP contribution is -2.16. The third-order valence-corrected chi connectivity index (χ3v) is 8.22. The number of H-pyrrole nitrogens is 1. The summed E-state index contributed by atoms with van der Waals surface area (Å²) in [5.74, 6) is 1.04. The summed E-state index contributed by atoms with van der Waals surface area (Å²) in [7, 11) is 0. The van der Waals surface area contributed by atoms with Crippen LogP contribution in [0.15, 0.2) is 156 Å². The number of hydrogen-bond acceptors (Lipinski definition) is 1. The zero-order chi connectivity index (χ0) is 29.5. The maximum Gasteiger partial charge on any atom is 0.157 e. The van der Waals surface area contributed by atoms with E-state index >= 15 is 0 Å². The molecule has 8 rings (SSSR count). The van der Waals surface area contributed by atoms with Crippen molar-refractivity contribution in [2.45, 2.75) is 6.54 Å². The maximum absolute atomic E-state index is 6.43. The van der Waals surface area contributed by atoms with Crippen LogP contribution in [0.4, 0.5) is 0 Å². The predicted molar refractivity (Wildman–Crippen MR) is 184 cm³/mol. The van der Waals surface area contributed by atoms with Crippen molar-refractivity contribution in [3.8, 4) is 5.69 Å². The molecule has 3 N–H and O–H groups in total. The molecule has 5 nitrogen and oxygen atoms in total. The predicted octanol–water partition coefficient (Wildman–Crippen LogP) is 8.77. The molecule has 0 spiro atoms. The van der Waals surface area contributed by atoms with Gasteiger partial charge in [0, 0.05) is 43.9 Å². The van der Waals surface area contributed by atoms with Gasteiger partial charge >= 0.3 is 0 Å². The standard InChI is InChI=1S/C39H29N5/c40-38(27-13-3-1-4-14-27)43-39(28-15-5-2-6-16-28)41-25-26-12-11-17-29(24-26)44-35-21-10-8-19-31(35)33-23-22-32-30-18-7-9-20-34(30)42-36(32)37(33)44/h1-24,42H,25H2,(H2,40,41,43). The summed E-state index contributed by atoms with van der Waals surface area (Å²) >= 11 is 0. The molecule has 8 aromatic rings. The quantitative estimate of drug-likeness (QED) is 0.158.